The zero-order valence-electron chi connectivity index (χ0n) is 12.5. The van der Waals surface area contributed by atoms with E-state index in [1.54, 1.807) is 0 Å². The molecule has 2 N–H and O–H groups in total. The Balaban J connectivity index is 1.59. The predicted octanol–water partition coefficient (Wildman–Crippen LogP) is -2.49. The maximum atomic E-state index is 11.3. The first-order chi connectivity index (χ1) is 11.4. The zero-order chi connectivity index (χ0) is 17.7. The minimum Gasteiger partial charge on any atom is -0.374 e. The first-order valence-corrected chi connectivity index (χ1v) is 7.04. The van der Waals surface area contributed by atoms with Gasteiger partial charge >= 0.3 is 0 Å². The fraction of sp³-hybridized carbons (Fsp3) is 0.429. The van der Waals surface area contributed by atoms with Crippen molar-refractivity contribution < 1.29 is 38.9 Å². The van der Waals surface area contributed by atoms with Crippen LogP contribution >= 0.6 is 0 Å². The molecule has 2 rings (SSSR count). The molecule has 0 aromatic heterocycles. The number of aliphatic hydroxyl groups is 2. The van der Waals surface area contributed by atoms with E-state index in [0.29, 0.717) is 9.80 Å². The molecule has 0 saturated carbocycles. The van der Waals surface area contributed by atoms with Gasteiger partial charge in [-0.3, -0.25) is 19.2 Å². The Bertz CT molecular complexity index is 512. The fourth-order valence-electron chi connectivity index (χ4n) is 2.06. The highest BCUT2D eigenvalue weighted by atomic mass is 16.5. The summed E-state index contributed by atoms with van der Waals surface area (Å²) in [4.78, 5) is 46.5. The molecular formula is C14H16N2O8. The smallest absolute Gasteiger partial charge is 0.255 e. The molecule has 0 fully saturated rings. The molecule has 2 unspecified atom stereocenters. The number of nitrogens with zero attached hydrogens (tertiary/aromatic N) is 2. The van der Waals surface area contributed by atoms with Gasteiger partial charge in [0.1, 0.15) is 0 Å². The van der Waals surface area contributed by atoms with Gasteiger partial charge in [0, 0.05) is 24.3 Å². The summed E-state index contributed by atoms with van der Waals surface area (Å²) >= 11 is 0. The van der Waals surface area contributed by atoms with Crippen LogP contribution in [0.15, 0.2) is 24.3 Å². The van der Waals surface area contributed by atoms with Crippen LogP contribution in [-0.2, 0) is 28.7 Å². The average Bonchev–Trinajstić information content (AvgIpc) is 3.04. The van der Waals surface area contributed by atoms with Gasteiger partial charge in [-0.05, 0) is 0 Å². The topological polar surface area (TPSA) is 134 Å². The van der Waals surface area contributed by atoms with E-state index in [0.717, 1.165) is 24.3 Å². The van der Waals surface area contributed by atoms with Crippen LogP contribution in [0.25, 0.3) is 0 Å². The molecule has 0 aromatic carbocycles. The van der Waals surface area contributed by atoms with Crippen LogP contribution < -0.4 is 0 Å². The van der Waals surface area contributed by atoms with Crippen LogP contribution in [0.2, 0.25) is 0 Å². The van der Waals surface area contributed by atoms with Crippen molar-refractivity contribution in [2.75, 3.05) is 26.4 Å². The largest absolute Gasteiger partial charge is 0.374 e. The fourth-order valence-corrected chi connectivity index (χ4v) is 2.06. The maximum Gasteiger partial charge on any atom is 0.255 e. The second-order valence-corrected chi connectivity index (χ2v) is 4.87. The Labute approximate surface area is 136 Å². The summed E-state index contributed by atoms with van der Waals surface area (Å²) < 4.78 is 10.1. The van der Waals surface area contributed by atoms with Crippen molar-refractivity contribution in [3.63, 3.8) is 0 Å². The van der Waals surface area contributed by atoms with Gasteiger partial charge in [-0.15, -0.1) is 0 Å². The lowest BCUT2D eigenvalue weighted by Crippen LogP contribution is -2.43. The van der Waals surface area contributed by atoms with Gasteiger partial charge in [0.2, 0.25) is 0 Å². The summed E-state index contributed by atoms with van der Waals surface area (Å²) in [6.07, 6.45) is 1.38. The van der Waals surface area contributed by atoms with Crippen molar-refractivity contribution in [1.29, 1.82) is 0 Å². The Kier molecular flexibility index (Phi) is 5.93. The molecule has 0 saturated heterocycles. The summed E-state index contributed by atoms with van der Waals surface area (Å²) in [5.74, 6) is -2.49. The van der Waals surface area contributed by atoms with Crippen LogP contribution in [0.3, 0.4) is 0 Å². The molecule has 0 aliphatic carbocycles. The quantitative estimate of drug-likeness (QED) is 0.348. The van der Waals surface area contributed by atoms with Gasteiger partial charge in [-0.1, -0.05) is 0 Å². The van der Waals surface area contributed by atoms with Gasteiger partial charge in [0.05, 0.1) is 26.4 Å². The van der Waals surface area contributed by atoms with Gasteiger partial charge in [0.15, 0.2) is 12.5 Å². The summed E-state index contributed by atoms with van der Waals surface area (Å²) in [5, 5.41) is 19.4. The maximum absolute atomic E-state index is 11.3. The first kappa shape index (κ1) is 17.9. The number of imide groups is 2. The van der Waals surface area contributed by atoms with E-state index >= 15 is 0 Å². The highest BCUT2D eigenvalue weighted by Crippen LogP contribution is 2.08. The molecule has 2 aliphatic heterocycles. The molecule has 2 atom stereocenters. The van der Waals surface area contributed by atoms with Crippen molar-refractivity contribution in [2.45, 2.75) is 12.5 Å². The minimum atomic E-state index is -1.41. The number of ether oxygens (including phenoxy) is 2. The minimum absolute atomic E-state index is 0.00751. The molecule has 2 aliphatic rings. The van der Waals surface area contributed by atoms with Crippen LogP contribution in [0.4, 0.5) is 0 Å². The Morgan fingerprint density at radius 3 is 1.29 bits per heavy atom. The SMILES string of the molecule is O=C1C=CC(=O)N1C(O)COCCOCC(O)N1C(=O)C=CC1=O. The van der Waals surface area contributed by atoms with Crippen molar-refractivity contribution in [1.82, 2.24) is 9.80 Å². The van der Waals surface area contributed by atoms with Crippen LogP contribution in [0.5, 0.6) is 0 Å². The number of carbonyl (C=O) groups is 4. The molecule has 24 heavy (non-hydrogen) atoms. The van der Waals surface area contributed by atoms with Gasteiger partial charge in [0.25, 0.3) is 23.6 Å². The first-order valence-electron chi connectivity index (χ1n) is 7.04. The van der Waals surface area contributed by atoms with Crippen molar-refractivity contribution in [3.8, 4) is 0 Å². The number of hydrogen-bond acceptors (Lipinski definition) is 8. The van der Waals surface area contributed by atoms with E-state index in [9.17, 15) is 29.4 Å². The molecular weight excluding hydrogens is 324 g/mol. The zero-order valence-corrected chi connectivity index (χ0v) is 12.5. The normalized spacial score (nSPS) is 19.8. The number of carbonyl (C=O) groups excluding carboxylic acids is 4. The Hall–Kier alpha value is -2.40. The van der Waals surface area contributed by atoms with E-state index in [-0.39, 0.29) is 26.4 Å². The summed E-state index contributed by atoms with van der Waals surface area (Å²) in [6.45, 7) is -0.572. The molecule has 130 valence electrons. The number of amides is 4. The Morgan fingerprint density at radius 2 is 1.00 bits per heavy atom. The van der Waals surface area contributed by atoms with Gasteiger partial charge in [-0.25, -0.2) is 9.80 Å². The van der Waals surface area contributed by atoms with E-state index in [1.165, 1.54) is 0 Å². The molecule has 0 aromatic rings. The van der Waals surface area contributed by atoms with E-state index in [1.807, 2.05) is 0 Å². The third kappa shape index (κ3) is 4.11. The van der Waals surface area contributed by atoms with Crippen molar-refractivity contribution in [3.05, 3.63) is 24.3 Å². The number of rotatable bonds is 9. The number of aliphatic hydroxyl groups excluding tert-OH is 2. The second kappa shape index (κ2) is 7.93. The molecule has 0 spiro atoms. The molecule has 0 radical (unpaired) electrons. The lowest BCUT2D eigenvalue weighted by Gasteiger charge is -2.22. The molecule has 10 nitrogen and oxygen atoms in total. The highest BCUT2D eigenvalue weighted by molar-refractivity contribution is 6.13. The third-order valence-electron chi connectivity index (χ3n) is 3.19. The van der Waals surface area contributed by atoms with Crippen molar-refractivity contribution in [2.24, 2.45) is 0 Å². The van der Waals surface area contributed by atoms with E-state index in [4.69, 9.17) is 9.47 Å². The molecule has 2 heterocycles. The van der Waals surface area contributed by atoms with Crippen LogP contribution in [0.1, 0.15) is 0 Å². The van der Waals surface area contributed by atoms with Crippen LogP contribution in [0, 0.1) is 0 Å². The highest BCUT2D eigenvalue weighted by Gasteiger charge is 2.30. The monoisotopic (exact) mass is 340 g/mol. The molecule has 10 heteroatoms. The summed E-state index contributed by atoms with van der Waals surface area (Å²) in [6, 6.07) is 0. The van der Waals surface area contributed by atoms with Crippen molar-refractivity contribution >= 4 is 23.6 Å². The predicted molar refractivity (Wildman–Crippen MR) is 75.6 cm³/mol. The van der Waals surface area contributed by atoms with Crippen LogP contribution in [-0.4, -0.2) is 82.5 Å². The summed E-state index contributed by atoms with van der Waals surface area (Å²) in [5.41, 5.74) is 0. The standard InChI is InChI=1S/C14H16N2O8/c17-9-1-2-10(18)15(9)13(21)7-23-5-6-24-8-14(22)16-11(19)3-4-12(16)20/h1-4,13-14,21-22H,5-8H2. The van der Waals surface area contributed by atoms with E-state index in [2.05, 4.69) is 0 Å². The average molecular weight is 340 g/mol. The Morgan fingerprint density at radius 1 is 0.708 bits per heavy atom. The lowest BCUT2D eigenvalue weighted by atomic mass is 10.4. The van der Waals surface area contributed by atoms with Gasteiger partial charge in [-0.2, -0.15) is 0 Å². The van der Waals surface area contributed by atoms with E-state index < -0.39 is 36.1 Å². The third-order valence-corrected chi connectivity index (χ3v) is 3.19. The lowest BCUT2D eigenvalue weighted by molar-refractivity contribution is -0.156. The van der Waals surface area contributed by atoms with Gasteiger partial charge < -0.3 is 19.7 Å². The summed E-state index contributed by atoms with van der Waals surface area (Å²) in [7, 11) is 0. The number of hydrogen-bond donors (Lipinski definition) is 2. The molecule has 0 bridgehead atoms. The molecule has 4 amide bonds. The second-order valence-electron chi connectivity index (χ2n) is 4.87.